The molecule has 3 nitrogen and oxygen atoms in total. The lowest BCUT2D eigenvalue weighted by atomic mass is 10.1. The van der Waals surface area contributed by atoms with Gasteiger partial charge in [0.25, 0.3) is 0 Å². The fraction of sp³-hybridized carbons (Fsp3) is 0.375. The maximum atomic E-state index is 4.53. The van der Waals surface area contributed by atoms with Crippen molar-refractivity contribution >= 4 is 17.0 Å². The highest BCUT2D eigenvalue weighted by atomic mass is 32.1. The summed E-state index contributed by atoms with van der Waals surface area (Å²) in [6.07, 6.45) is 14.2. The van der Waals surface area contributed by atoms with E-state index in [-0.39, 0.29) is 0 Å². The van der Waals surface area contributed by atoms with Crippen LogP contribution in [-0.2, 0) is 0 Å². The Hall–Kier alpha value is -2.98. The van der Waals surface area contributed by atoms with Crippen molar-refractivity contribution in [3.8, 4) is 32.3 Å². The molecule has 0 saturated heterocycles. The summed E-state index contributed by atoms with van der Waals surface area (Å²) >= 11 is 1.83. The minimum atomic E-state index is 0.903. The van der Waals surface area contributed by atoms with Gasteiger partial charge in [0.1, 0.15) is 0 Å². The van der Waals surface area contributed by atoms with E-state index in [1.807, 2.05) is 41.9 Å². The molecule has 188 valence electrons. The second-order valence-corrected chi connectivity index (χ2v) is 10.5. The molecule has 0 spiro atoms. The summed E-state index contributed by atoms with van der Waals surface area (Å²) in [4.78, 5) is 14.1. The molecular weight excluding hydrogens is 458 g/mol. The SMILES string of the molecule is CCCCCCN(CCCCCC)c1ccc(-c2ccc(-c3ccnc(-c4ccccn4)c3)s2)cc1. The van der Waals surface area contributed by atoms with Crippen LogP contribution < -0.4 is 4.90 Å². The number of pyridine rings is 2. The van der Waals surface area contributed by atoms with Crippen LogP contribution in [0.2, 0.25) is 0 Å². The molecule has 4 rings (SSSR count). The Morgan fingerprint density at radius 3 is 1.92 bits per heavy atom. The summed E-state index contributed by atoms with van der Waals surface area (Å²) in [5, 5.41) is 0. The van der Waals surface area contributed by atoms with E-state index >= 15 is 0 Å². The van der Waals surface area contributed by atoms with E-state index in [0.717, 1.165) is 24.5 Å². The zero-order valence-electron chi connectivity index (χ0n) is 21.8. The third kappa shape index (κ3) is 7.27. The number of hydrogen-bond donors (Lipinski definition) is 0. The number of aromatic nitrogens is 2. The molecule has 0 saturated carbocycles. The summed E-state index contributed by atoms with van der Waals surface area (Å²) in [5.41, 5.74) is 5.64. The van der Waals surface area contributed by atoms with Gasteiger partial charge in [-0.3, -0.25) is 9.97 Å². The Kier molecular flexibility index (Phi) is 10.1. The first kappa shape index (κ1) is 26.1. The summed E-state index contributed by atoms with van der Waals surface area (Å²) in [6.45, 7) is 6.89. The second-order valence-electron chi connectivity index (χ2n) is 9.46. The fourth-order valence-corrected chi connectivity index (χ4v) is 5.56. The van der Waals surface area contributed by atoms with Crippen LogP contribution in [0, 0.1) is 0 Å². The minimum Gasteiger partial charge on any atom is -0.372 e. The number of anilines is 1. The molecule has 0 aliphatic rings. The number of unbranched alkanes of at least 4 members (excludes halogenated alkanes) is 6. The van der Waals surface area contributed by atoms with E-state index in [0.29, 0.717) is 0 Å². The predicted molar refractivity (Wildman–Crippen MR) is 157 cm³/mol. The van der Waals surface area contributed by atoms with Crippen LogP contribution in [0.15, 0.2) is 79.1 Å². The van der Waals surface area contributed by atoms with Crippen LogP contribution >= 0.6 is 11.3 Å². The first-order chi connectivity index (χ1) is 17.8. The lowest BCUT2D eigenvalue weighted by molar-refractivity contribution is 0.609. The molecule has 36 heavy (non-hydrogen) atoms. The van der Waals surface area contributed by atoms with Gasteiger partial charge in [0, 0.05) is 40.9 Å². The average molecular weight is 498 g/mol. The maximum Gasteiger partial charge on any atom is 0.0892 e. The third-order valence-electron chi connectivity index (χ3n) is 6.66. The molecule has 0 bridgehead atoms. The van der Waals surface area contributed by atoms with Crippen molar-refractivity contribution in [2.75, 3.05) is 18.0 Å². The Balaban J connectivity index is 1.46. The molecule has 0 N–H and O–H groups in total. The third-order valence-corrected chi connectivity index (χ3v) is 7.84. The quantitative estimate of drug-likeness (QED) is 0.162. The van der Waals surface area contributed by atoms with Gasteiger partial charge in [-0.15, -0.1) is 11.3 Å². The Morgan fingerprint density at radius 2 is 1.28 bits per heavy atom. The number of nitrogens with zero attached hydrogens (tertiary/aromatic N) is 3. The minimum absolute atomic E-state index is 0.903. The molecule has 0 atom stereocenters. The van der Waals surface area contributed by atoms with E-state index in [1.54, 1.807) is 0 Å². The van der Waals surface area contributed by atoms with E-state index in [9.17, 15) is 0 Å². The molecule has 0 aliphatic heterocycles. The molecule has 3 heterocycles. The number of rotatable bonds is 14. The van der Waals surface area contributed by atoms with Crippen LogP contribution in [0.4, 0.5) is 5.69 Å². The highest BCUT2D eigenvalue weighted by molar-refractivity contribution is 7.18. The molecule has 0 amide bonds. The van der Waals surface area contributed by atoms with E-state index in [4.69, 9.17) is 0 Å². The molecule has 1 aromatic carbocycles. The molecule has 4 heteroatoms. The van der Waals surface area contributed by atoms with Crippen LogP contribution in [0.3, 0.4) is 0 Å². The topological polar surface area (TPSA) is 29.0 Å². The molecular formula is C32H39N3S. The van der Waals surface area contributed by atoms with Crippen molar-refractivity contribution in [3.05, 3.63) is 79.1 Å². The smallest absolute Gasteiger partial charge is 0.0892 e. The molecule has 4 aromatic rings. The van der Waals surface area contributed by atoms with Crippen LogP contribution in [-0.4, -0.2) is 23.1 Å². The molecule has 0 unspecified atom stereocenters. The van der Waals surface area contributed by atoms with Crippen molar-refractivity contribution in [2.24, 2.45) is 0 Å². The monoisotopic (exact) mass is 497 g/mol. The van der Waals surface area contributed by atoms with Gasteiger partial charge in [0.15, 0.2) is 0 Å². The summed E-state index contributed by atoms with van der Waals surface area (Å²) < 4.78 is 0. The first-order valence-corrected chi connectivity index (χ1v) is 14.4. The van der Waals surface area contributed by atoms with Crippen molar-refractivity contribution in [3.63, 3.8) is 0 Å². The highest BCUT2D eigenvalue weighted by Crippen LogP contribution is 2.36. The van der Waals surface area contributed by atoms with Gasteiger partial charge < -0.3 is 4.90 Å². The Morgan fingerprint density at radius 1 is 0.611 bits per heavy atom. The van der Waals surface area contributed by atoms with Crippen molar-refractivity contribution in [1.82, 2.24) is 9.97 Å². The van der Waals surface area contributed by atoms with E-state index in [1.165, 1.54) is 77.9 Å². The van der Waals surface area contributed by atoms with Gasteiger partial charge in [0.2, 0.25) is 0 Å². The fourth-order valence-electron chi connectivity index (χ4n) is 4.55. The van der Waals surface area contributed by atoms with Crippen LogP contribution in [0.25, 0.3) is 32.3 Å². The largest absolute Gasteiger partial charge is 0.372 e. The van der Waals surface area contributed by atoms with Crippen LogP contribution in [0.5, 0.6) is 0 Å². The second kappa shape index (κ2) is 13.9. The maximum absolute atomic E-state index is 4.53. The molecule has 0 radical (unpaired) electrons. The van der Waals surface area contributed by atoms with Crippen molar-refractivity contribution in [2.45, 2.75) is 65.2 Å². The first-order valence-electron chi connectivity index (χ1n) is 13.6. The van der Waals surface area contributed by atoms with Gasteiger partial charge in [-0.05, 0) is 72.5 Å². The number of benzene rings is 1. The zero-order valence-corrected chi connectivity index (χ0v) is 22.6. The lowest BCUT2D eigenvalue weighted by Crippen LogP contribution is -2.25. The Bertz CT molecular complexity index is 1160. The molecule has 0 fully saturated rings. The number of thiophene rings is 1. The highest BCUT2D eigenvalue weighted by Gasteiger charge is 2.10. The van der Waals surface area contributed by atoms with Crippen LogP contribution in [0.1, 0.15) is 65.2 Å². The predicted octanol–water partition coefficient (Wildman–Crippen LogP) is 9.51. The van der Waals surface area contributed by atoms with E-state index in [2.05, 4.69) is 77.2 Å². The van der Waals surface area contributed by atoms with Crippen molar-refractivity contribution < 1.29 is 0 Å². The average Bonchev–Trinajstić information content (AvgIpc) is 3.43. The summed E-state index contributed by atoms with van der Waals surface area (Å²) in [5.74, 6) is 0. The lowest BCUT2D eigenvalue weighted by Gasteiger charge is -2.25. The number of hydrogen-bond acceptors (Lipinski definition) is 4. The standard InChI is InChI=1S/C32H39N3S/c1-3-5-7-11-23-35(24-12-8-6-4-2)28-16-14-26(15-17-28)31-18-19-32(36-31)27-20-22-34-30(25-27)29-13-9-10-21-33-29/h9-10,13-22,25H,3-8,11-12,23-24H2,1-2H3. The summed E-state index contributed by atoms with van der Waals surface area (Å²) in [7, 11) is 0. The van der Waals surface area contributed by atoms with E-state index < -0.39 is 0 Å². The van der Waals surface area contributed by atoms with Gasteiger partial charge >= 0.3 is 0 Å². The molecule has 3 aromatic heterocycles. The van der Waals surface area contributed by atoms with Gasteiger partial charge in [-0.2, -0.15) is 0 Å². The van der Waals surface area contributed by atoms with Gasteiger partial charge in [-0.25, -0.2) is 0 Å². The van der Waals surface area contributed by atoms with Gasteiger partial charge in [-0.1, -0.05) is 70.6 Å². The molecule has 0 aliphatic carbocycles. The van der Waals surface area contributed by atoms with Crippen molar-refractivity contribution in [1.29, 1.82) is 0 Å². The zero-order chi connectivity index (χ0) is 25.0. The van der Waals surface area contributed by atoms with Gasteiger partial charge in [0.05, 0.1) is 11.4 Å². The Labute approximate surface area is 221 Å². The summed E-state index contributed by atoms with van der Waals surface area (Å²) in [6, 6.07) is 23.8. The normalized spacial score (nSPS) is 11.1.